The molecule has 3 rings (SSSR count). The van der Waals surface area contributed by atoms with Crippen molar-refractivity contribution >= 4 is 11.9 Å². The van der Waals surface area contributed by atoms with Gasteiger partial charge in [0.25, 0.3) is 5.91 Å². The molecule has 0 saturated carbocycles. The number of anilines is 1. The summed E-state index contributed by atoms with van der Waals surface area (Å²) in [5, 5.41) is 5.97. The third kappa shape index (κ3) is 4.81. The smallest absolute Gasteiger partial charge is 0.270 e. The number of aromatic nitrogens is 4. The van der Waals surface area contributed by atoms with Crippen molar-refractivity contribution in [2.75, 3.05) is 5.32 Å². The molecular weight excluding hydrogens is 316 g/mol. The van der Waals surface area contributed by atoms with Crippen molar-refractivity contribution in [3.63, 3.8) is 0 Å². The van der Waals surface area contributed by atoms with Crippen LogP contribution in [0.4, 0.5) is 5.95 Å². The molecule has 0 aromatic carbocycles. The van der Waals surface area contributed by atoms with E-state index in [0.29, 0.717) is 24.7 Å². The van der Waals surface area contributed by atoms with Crippen LogP contribution in [0.5, 0.6) is 0 Å². The molecule has 0 aliphatic rings. The van der Waals surface area contributed by atoms with E-state index in [-0.39, 0.29) is 5.91 Å². The Balaban J connectivity index is 1.65. The van der Waals surface area contributed by atoms with Gasteiger partial charge in [-0.1, -0.05) is 6.07 Å². The lowest BCUT2D eigenvalue weighted by molar-refractivity contribution is 0.0945. The second-order valence-electron chi connectivity index (χ2n) is 5.47. The highest BCUT2D eigenvalue weighted by atomic mass is 16.1. The van der Waals surface area contributed by atoms with Crippen molar-refractivity contribution in [3.8, 4) is 0 Å². The van der Waals surface area contributed by atoms with E-state index in [1.807, 2.05) is 31.2 Å². The maximum absolute atomic E-state index is 12.3. The van der Waals surface area contributed by atoms with Crippen LogP contribution in [0.1, 0.15) is 27.3 Å². The van der Waals surface area contributed by atoms with Gasteiger partial charge in [0.2, 0.25) is 5.95 Å². The number of hydrogen-bond donors (Lipinski definition) is 2. The van der Waals surface area contributed by atoms with E-state index in [1.165, 1.54) is 0 Å². The van der Waals surface area contributed by atoms with Gasteiger partial charge in [0, 0.05) is 43.6 Å². The lowest BCUT2D eigenvalue weighted by Crippen LogP contribution is -2.24. The van der Waals surface area contributed by atoms with Gasteiger partial charge in [-0.25, -0.2) is 9.97 Å². The summed E-state index contributed by atoms with van der Waals surface area (Å²) < 4.78 is 0. The summed E-state index contributed by atoms with van der Waals surface area (Å²) >= 11 is 0. The lowest BCUT2D eigenvalue weighted by Gasteiger charge is -2.09. The van der Waals surface area contributed by atoms with Crippen molar-refractivity contribution in [1.82, 2.24) is 25.3 Å². The van der Waals surface area contributed by atoms with Gasteiger partial charge >= 0.3 is 0 Å². The predicted molar refractivity (Wildman–Crippen MR) is 93.7 cm³/mol. The largest absolute Gasteiger partial charge is 0.350 e. The van der Waals surface area contributed by atoms with Crippen molar-refractivity contribution in [2.24, 2.45) is 0 Å². The zero-order valence-corrected chi connectivity index (χ0v) is 13.8. The Morgan fingerprint density at radius 3 is 2.60 bits per heavy atom. The molecule has 0 unspecified atom stereocenters. The van der Waals surface area contributed by atoms with Crippen LogP contribution in [0.3, 0.4) is 0 Å². The zero-order valence-electron chi connectivity index (χ0n) is 13.8. The summed E-state index contributed by atoms with van der Waals surface area (Å²) in [6.45, 7) is 2.79. The Kier molecular flexibility index (Phi) is 5.26. The molecule has 0 radical (unpaired) electrons. The predicted octanol–water partition coefficient (Wildman–Crippen LogP) is 2.12. The molecule has 2 N–H and O–H groups in total. The maximum atomic E-state index is 12.3. The molecule has 7 nitrogen and oxygen atoms in total. The van der Waals surface area contributed by atoms with Crippen LogP contribution in [0, 0.1) is 6.92 Å². The zero-order chi connectivity index (χ0) is 17.5. The standard InChI is InChI=1S/C18H18N6O/c1-13-9-16(17(25)21-12-15-3-2-6-20-10-15)24-18(23-13)22-11-14-4-7-19-8-5-14/h2-10H,11-12H2,1H3,(H,21,25)(H,22,23,24). The van der Waals surface area contributed by atoms with Gasteiger partial charge in [-0.3, -0.25) is 14.8 Å². The number of amides is 1. The number of hydrogen-bond acceptors (Lipinski definition) is 6. The molecule has 0 spiro atoms. The Bertz CT molecular complexity index is 839. The van der Waals surface area contributed by atoms with Crippen LogP contribution in [0.25, 0.3) is 0 Å². The number of pyridine rings is 2. The minimum absolute atomic E-state index is 0.249. The molecular formula is C18H18N6O. The van der Waals surface area contributed by atoms with Crippen LogP contribution in [-0.2, 0) is 13.1 Å². The summed E-state index contributed by atoms with van der Waals surface area (Å²) in [5.74, 6) is 0.171. The molecule has 0 atom stereocenters. The third-order valence-electron chi connectivity index (χ3n) is 3.46. The number of nitrogens with one attached hydrogen (secondary N) is 2. The summed E-state index contributed by atoms with van der Waals surface area (Å²) in [4.78, 5) is 29.0. The second-order valence-corrected chi connectivity index (χ2v) is 5.47. The van der Waals surface area contributed by atoms with E-state index >= 15 is 0 Å². The van der Waals surface area contributed by atoms with Crippen molar-refractivity contribution < 1.29 is 4.79 Å². The van der Waals surface area contributed by atoms with Crippen LogP contribution in [-0.4, -0.2) is 25.8 Å². The first-order valence-electron chi connectivity index (χ1n) is 7.86. The molecule has 0 bridgehead atoms. The first-order valence-corrected chi connectivity index (χ1v) is 7.86. The number of nitrogens with zero attached hydrogens (tertiary/aromatic N) is 4. The summed E-state index contributed by atoms with van der Waals surface area (Å²) in [7, 11) is 0. The molecule has 3 heterocycles. The van der Waals surface area contributed by atoms with E-state index < -0.39 is 0 Å². The van der Waals surface area contributed by atoms with Crippen LogP contribution in [0.15, 0.2) is 55.1 Å². The van der Waals surface area contributed by atoms with E-state index in [1.54, 1.807) is 30.9 Å². The minimum Gasteiger partial charge on any atom is -0.350 e. The molecule has 0 aliphatic heterocycles. The first-order chi connectivity index (χ1) is 12.2. The fourth-order valence-corrected chi connectivity index (χ4v) is 2.22. The summed E-state index contributed by atoms with van der Waals surface area (Å²) in [6, 6.07) is 9.21. The SMILES string of the molecule is Cc1cc(C(=O)NCc2cccnc2)nc(NCc2ccncc2)n1. The Morgan fingerprint density at radius 2 is 1.84 bits per heavy atom. The molecule has 3 aromatic heterocycles. The second kappa shape index (κ2) is 7.96. The van der Waals surface area contributed by atoms with Gasteiger partial charge in [-0.2, -0.15) is 0 Å². The molecule has 1 amide bonds. The average Bonchev–Trinajstić information content (AvgIpc) is 2.66. The van der Waals surface area contributed by atoms with Gasteiger partial charge in [0.1, 0.15) is 5.69 Å². The number of rotatable bonds is 6. The Hall–Kier alpha value is -3.35. The monoisotopic (exact) mass is 334 g/mol. The van der Waals surface area contributed by atoms with Crippen molar-refractivity contribution in [3.05, 3.63) is 77.6 Å². The van der Waals surface area contributed by atoms with Crippen LogP contribution < -0.4 is 10.6 Å². The van der Waals surface area contributed by atoms with E-state index in [4.69, 9.17) is 0 Å². The molecule has 126 valence electrons. The Labute approximate surface area is 145 Å². The summed E-state index contributed by atoms with van der Waals surface area (Å²) in [5.41, 5.74) is 3.03. The third-order valence-corrected chi connectivity index (χ3v) is 3.46. The molecule has 25 heavy (non-hydrogen) atoms. The van der Waals surface area contributed by atoms with Gasteiger partial charge in [0.05, 0.1) is 0 Å². The quantitative estimate of drug-likeness (QED) is 0.717. The average molecular weight is 334 g/mol. The molecule has 0 fully saturated rings. The van der Waals surface area contributed by atoms with Gasteiger partial charge in [0.15, 0.2) is 0 Å². The fourth-order valence-electron chi connectivity index (χ4n) is 2.22. The molecule has 7 heteroatoms. The van der Waals surface area contributed by atoms with Crippen LogP contribution in [0.2, 0.25) is 0 Å². The lowest BCUT2D eigenvalue weighted by atomic mass is 10.2. The minimum atomic E-state index is -0.249. The fraction of sp³-hybridized carbons (Fsp3) is 0.167. The number of aryl methyl sites for hydroxylation is 1. The maximum Gasteiger partial charge on any atom is 0.270 e. The van der Waals surface area contributed by atoms with E-state index in [9.17, 15) is 4.79 Å². The first kappa shape index (κ1) is 16.5. The topological polar surface area (TPSA) is 92.7 Å². The number of carbonyl (C=O) groups is 1. The molecule has 0 saturated heterocycles. The van der Waals surface area contributed by atoms with E-state index in [0.717, 1.165) is 16.8 Å². The highest BCUT2D eigenvalue weighted by molar-refractivity contribution is 5.92. The molecule has 3 aromatic rings. The summed E-state index contributed by atoms with van der Waals surface area (Å²) in [6.07, 6.45) is 6.86. The highest BCUT2D eigenvalue weighted by Gasteiger charge is 2.10. The van der Waals surface area contributed by atoms with Gasteiger partial charge in [-0.15, -0.1) is 0 Å². The number of carbonyl (C=O) groups excluding carboxylic acids is 1. The van der Waals surface area contributed by atoms with Gasteiger partial charge < -0.3 is 10.6 Å². The highest BCUT2D eigenvalue weighted by Crippen LogP contribution is 2.07. The van der Waals surface area contributed by atoms with Crippen LogP contribution >= 0.6 is 0 Å². The van der Waals surface area contributed by atoms with Crippen molar-refractivity contribution in [1.29, 1.82) is 0 Å². The van der Waals surface area contributed by atoms with E-state index in [2.05, 4.69) is 30.6 Å². The normalized spacial score (nSPS) is 10.3. The van der Waals surface area contributed by atoms with Gasteiger partial charge in [-0.05, 0) is 42.3 Å². The van der Waals surface area contributed by atoms with Crippen molar-refractivity contribution in [2.45, 2.75) is 20.0 Å². The molecule has 0 aliphatic carbocycles. The Morgan fingerprint density at radius 1 is 1.00 bits per heavy atom.